The van der Waals surface area contributed by atoms with E-state index >= 15 is 0 Å². The topological polar surface area (TPSA) is 46.6 Å². The molecule has 4 nitrogen and oxygen atoms in total. The Morgan fingerprint density at radius 2 is 2.04 bits per heavy atom. The molecule has 1 amide bonds. The molecule has 0 bridgehead atoms. The molecule has 0 radical (unpaired) electrons. The molecule has 0 aliphatic carbocycles. The summed E-state index contributed by atoms with van der Waals surface area (Å²) >= 11 is 0. The normalized spacial score (nSPS) is 15.6. The summed E-state index contributed by atoms with van der Waals surface area (Å²) < 4.78 is 5.39. The quantitative estimate of drug-likeness (QED) is 0.724. The van der Waals surface area contributed by atoms with Gasteiger partial charge >= 0.3 is 5.97 Å². The van der Waals surface area contributed by atoms with Gasteiger partial charge in [0.25, 0.3) is 0 Å². The monoisotopic (exact) mass is 343 g/mol. The molecule has 0 unspecified atom stereocenters. The molecule has 1 aromatic carbocycles. The number of rotatable bonds is 6. The van der Waals surface area contributed by atoms with Crippen LogP contribution in [0.3, 0.4) is 0 Å². The molecule has 25 heavy (non-hydrogen) atoms. The van der Waals surface area contributed by atoms with Crippen LogP contribution >= 0.6 is 0 Å². The Morgan fingerprint density at radius 3 is 2.76 bits per heavy atom. The second-order valence-electron chi connectivity index (χ2n) is 7.54. The molecule has 0 aromatic heterocycles. The highest BCUT2D eigenvalue weighted by Crippen LogP contribution is 2.29. The van der Waals surface area contributed by atoms with Gasteiger partial charge in [0.1, 0.15) is 0 Å². The molecule has 2 rings (SSSR count). The van der Waals surface area contributed by atoms with Crippen molar-refractivity contribution in [2.45, 2.75) is 58.3 Å². The lowest BCUT2D eigenvalue weighted by atomic mass is 9.80. The third kappa shape index (κ3) is 5.45. The SMILES string of the molecule is C=C(C)c1cccc(C(C)(C)CC(=O)OCN2CCCCCC2=O)c1. The van der Waals surface area contributed by atoms with Crippen molar-refractivity contribution in [3.05, 3.63) is 42.0 Å². The summed E-state index contributed by atoms with van der Waals surface area (Å²) in [6.07, 6.45) is 3.78. The van der Waals surface area contributed by atoms with Crippen LogP contribution in [-0.2, 0) is 19.7 Å². The average molecular weight is 343 g/mol. The summed E-state index contributed by atoms with van der Waals surface area (Å²) in [5, 5.41) is 0. The Hall–Kier alpha value is -2.10. The zero-order valence-corrected chi connectivity index (χ0v) is 15.6. The number of likely N-dealkylation sites (tertiary alicyclic amines) is 1. The first-order valence-electron chi connectivity index (χ1n) is 8.99. The van der Waals surface area contributed by atoms with Crippen molar-refractivity contribution < 1.29 is 14.3 Å². The van der Waals surface area contributed by atoms with Crippen LogP contribution in [0.1, 0.15) is 64.0 Å². The van der Waals surface area contributed by atoms with Gasteiger partial charge in [-0.3, -0.25) is 9.59 Å². The molecule has 0 atom stereocenters. The number of benzene rings is 1. The van der Waals surface area contributed by atoms with E-state index in [1.165, 1.54) is 0 Å². The number of esters is 1. The summed E-state index contributed by atoms with van der Waals surface area (Å²) in [4.78, 5) is 25.9. The lowest BCUT2D eigenvalue weighted by Crippen LogP contribution is -2.34. The van der Waals surface area contributed by atoms with Crippen LogP contribution in [0.25, 0.3) is 5.57 Å². The Morgan fingerprint density at radius 1 is 1.28 bits per heavy atom. The number of ether oxygens (including phenoxy) is 1. The van der Waals surface area contributed by atoms with Gasteiger partial charge in [0.15, 0.2) is 6.73 Å². The lowest BCUT2D eigenvalue weighted by Gasteiger charge is -2.26. The van der Waals surface area contributed by atoms with E-state index < -0.39 is 0 Å². The summed E-state index contributed by atoms with van der Waals surface area (Å²) in [7, 11) is 0. The van der Waals surface area contributed by atoms with Crippen LogP contribution in [-0.4, -0.2) is 30.1 Å². The van der Waals surface area contributed by atoms with E-state index in [1.807, 2.05) is 39.0 Å². The van der Waals surface area contributed by atoms with Gasteiger partial charge in [0.05, 0.1) is 6.42 Å². The zero-order valence-electron chi connectivity index (χ0n) is 15.6. The number of nitrogens with zero attached hydrogens (tertiary/aromatic N) is 1. The van der Waals surface area contributed by atoms with Gasteiger partial charge < -0.3 is 9.64 Å². The van der Waals surface area contributed by atoms with Crippen molar-refractivity contribution in [2.24, 2.45) is 0 Å². The van der Waals surface area contributed by atoms with Crippen molar-refractivity contribution in [1.82, 2.24) is 4.90 Å². The van der Waals surface area contributed by atoms with Gasteiger partial charge in [0, 0.05) is 18.4 Å². The molecule has 1 heterocycles. The van der Waals surface area contributed by atoms with E-state index in [0.717, 1.165) is 36.0 Å². The van der Waals surface area contributed by atoms with Gasteiger partial charge in [-0.25, -0.2) is 0 Å². The van der Waals surface area contributed by atoms with Crippen LogP contribution < -0.4 is 0 Å². The van der Waals surface area contributed by atoms with Gasteiger partial charge in [-0.2, -0.15) is 0 Å². The van der Waals surface area contributed by atoms with Crippen molar-refractivity contribution in [2.75, 3.05) is 13.3 Å². The minimum absolute atomic E-state index is 0.0690. The molecule has 1 aliphatic rings. The van der Waals surface area contributed by atoms with Crippen LogP contribution in [0.5, 0.6) is 0 Å². The van der Waals surface area contributed by atoms with Gasteiger partial charge in [-0.05, 0) is 30.9 Å². The predicted octanol–water partition coefficient (Wildman–Crippen LogP) is 4.29. The fourth-order valence-corrected chi connectivity index (χ4v) is 3.04. The maximum Gasteiger partial charge on any atom is 0.308 e. The number of hydrogen-bond acceptors (Lipinski definition) is 3. The number of carbonyl (C=O) groups excluding carboxylic acids is 2. The molecule has 136 valence electrons. The minimum Gasteiger partial charge on any atom is -0.444 e. The number of hydrogen-bond donors (Lipinski definition) is 0. The van der Waals surface area contributed by atoms with E-state index in [0.29, 0.717) is 13.0 Å². The van der Waals surface area contributed by atoms with Crippen LogP contribution in [0.15, 0.2) is 30.8 Å². The Bertz CT molecular complexity index is 648. The number of carbonyl (C=O) groups is 2. The third-order valence-electron chi connectivity index (χ3n) is 4.78. The van der Waals surface area contributed by atoms with Crippen molar-refractivity contribution >= 4 is 17.4 Å². The smallest absolute Gasteiger partial charge is 0.308 e. The first-order chi connectivity index (χ1) is 11.8. The van der Waals surface area contributed by atoms with E-state index in [-0.39, 0.29) is 30.4 Å². The standard InChI is InChI=1S/C21H29NO3/c1-16(2)17-9-8-10-18(13-17)21(3,4)14-20(24)25-15-22-12-7-5-6-11-19(22)23/h8-10,13H,1,5-7,11-12,14-15H2,2-4H3. The zero-order chi connectivity index (χ0) is 18.4. The van der Waals surface area contributed by atoms with Crippen LogP contribution in [0.4, 0.5) is 0 Å². The van der Waals surface area contributed by atoms with Crippen molar-refractivity contribution in [3.8, 4) is 0 Å². The summed E-state index contributed by atoms with van der Waals surface area (Å²) in [6.45, 7) is 10.8. The molecule has 4 heteroatoms. The molecular formula is C21H29NO3. The fourth-order valence-electron chi connectivity index (χ4n) is 3.04. The van der Waals surface area contributed by atoms with Gasteiger partial charge in [-0.1, -0.05) is 56.7 Å². The molecule has 0 N–H and O–H groups in total. The Kier molecular flexibility index (Phi) is 6.40. The molecule has 1 saturated heterocycles. The fraction of sp³-hybridized carbons (Fsp3) is 0.524. The van der Waals surface area contributed by atoms with Crippen molar-refractivity contribution in [1.29, 1.82) is 0 Å². The molecular weight excluding hydrogens is 314 g/mol. The number of amides is 1. The highest BCUT2D eigenvalue weighted by Gasteiger charge is 2.26. The van der Waals surface area contributed by atoms with E-state index in [2.05, 4.69) is 12.6 Å². The van der Waals surface area contributed by atoms with Gasteiger partial charge in [-0.15, -0.1) is 0 Å². The van der Waals surface area contributed by atoms with E-state index in [1.54, 1.807) is 4.90 Å². The van der Waals surface area contributed by atoms with Crippen LogP contribution in [0.2, 0.25) is 0 Å². The first kappa shape index (κ1) is 19.2. The Balaban J connectivity index is 1.95. The van der Waals surface area contributed by atoms with E-state index in [9.17, 15) is 9.59 Å². The second kappa shape index (κ2) is 8.32. The third-order valence-corrected chi connectivity index (χ3v) is 4.78. The molecule has 0 saturated carbocycles. The largest absolute Gasteiger partial charge is 0.444 e. The average Bonchev–Trinajstić information content (AvgIpc) is 2.77. The van der Waals surface area contributed by atoms with Crippen LogP contribution in [0, 0.1) is 0 Å². The van der Waals surface area contributed by atoms with Gasteiger partial charge in [0.2, 0.25) is 5.91 Å². The summed E-state index contributed by atoms with van der Waals surface area (Å²) in [6, 6.07) is 8.11. The molecule has 0 spiro atoms. The maximum atomic E-state index is 12.3. The number of allylic oxidation sites excluding steroid dienone is 1. The Labute approximate surface area is 150 Å². The molecule has 1 aromatic rings. The predicted molar refractivity (Wildman–Crippen MR) is 99.9 cm³/mol. The molecule has 1 aliphatic heterocycles. The maximum absolute atomic E-state index is 12.3. The van der Waals surface area contributed by atoms with Crippen molar-refractivity contribution in [3.63, 3.8) is 0 Å². The summed E-state index contributed by atoms with van der Waals surface area (Å²) in [5.41, 5.74) is 2.82. The first-order valence-corrected chi connectivity index (χ1v) is 8.99. The second-order valence-corrected chi connectivity index (χ2v) is 7.54. The van der Waals surface area contributed by atoms with E-state index in [4.69, 9.17) is 4.74 Å². The highest BCUT2D eigenvalue weighted by atomic mass is 16.5. The minimum atomic E-state index is -0.342. The lowest BCUT2D eigenvalue weighted by molar-refractivity contribution is -0.153. The summed E-state index contributed by atoms with van der Waals surface area (Å²) in [5.74, 6) is -0.193. The highest BCUT2D eigenvalue weighted by molar-refractivity contribution is 5.77. The molecule has 1 fully saturated rings.